The Morgan fingerprint density at radius 2 is 2.32 bits per heavy atom. The van der Waals surface area contributed by atoms with Crippen molar-refractivity contribution in [1.82, 2.24) is 19.6 Å². The van der Waals surface area contributed by atoms with Crippen LogP contribution in [0, 0.1) is 0 Å². The first-order valence-electron chi connectivity index (χ1n) is 5.71. The summed E-state index contributed by atoms with van der Waals surface area (Å²) in [6.45, 7) is 1.83. The number of oxazole rings is 1. The van der Waals surface area contributed by atoms with Gasteiger partial charge in [0.15, 0.2) is 0 Å². The van der Waals surface area contributed by atoms with Crippen molar-refractivity contribution in [3.63, 3.8) is 0 Å². The molecule has 3 aromatic heterocycles. The van der Waals surface area contributed by atoms with E-state index in [9.17, 15) is 4.79 Å². The van der Waals surface area contributed by atoms with Gasteiger partial charge >= 0.3 is 5.97 Å². The van der Waals surface area contributed by atoms with Crippen molar-refractivity contribution < 1.29 is 14.3 Å². The molecule has 19 heavy (non-hydrogen) atoms. The van der Waals surface area contributed by atoms with Crippen LogP contribution >= 0.6 is 0 Å². The zero-order valence-corrected chi connectivity index (χ0v) is 10.1. The zero-order chi connectivity index (χ0) is 13.4. The molecule has 3 heterocycles. The molecule has 0 aromatic carbocycles. The van der Waals surface area contributed by atoms with Gasteiger partial charge in [-0.3, -0.25) is 4.98 Å². The third kappa shape index (κ3) is 1.75. The fourth-order valence-electron chi connectivity index (χ4n) is 1.87. The summed E-state index contributed by atoms with van der Waals surface area (Å²) in [4.78, 5) is 19.3. The molecule has 0 amide bonds. The first-order valence-corrected chi connectivity index (χ1v) is 5.71. The lowest BCUT2D eigenvalue weighted by Crippen LogP contribution is -1.98. The summed E-state index contributed by atoms with van der Waals surface area (Å²) in [5.41, 5.74) is 1.75. The number of carboxylic acid groups (broad SMARTS) is 1. The molecule has 0 aliphatic heterocycles. The second kappa shape index (κ2) is 4.20. The van der Waals surface area contributed by atoms with Crippen LogP contribution < -0.4 is 0 Å². The van der Waals surface area contributed by atoms with Crippen molar-refractivity contribution in [2.75, 3.05) is 0 Å². The molecule has 0 spiro atoms. The Balaban J connectivity index is 2.19. The minimum Gasteiger partial charge on any atom is -0.475 e. The molecule has 0 bridgehead atoms. The van der Waals surface area contributed by atoms with E-state index < -0.39 is 5.97 Å². The maximum atomic E-state index is 11.1. The Morgan fingerprint density at radius 1 is 1.47 bits per heavy atom. The topological polar surface area (TPSA) is 93.5 Å². The molecule has 0 radical (unpaired) electrons. The molecule has 0 fully saturated rings. The summed E-state index contributed by atoms with van der Waals surface area (Å²) >= 11 is 0. The Labute approximate surface area is 107 Å². The normalized spacial score (nSPS) is 11.0. The van der Waals surface area contributed by atoms with E-state index in [2.05, 4.69) is 15.1 Å². The maximum absolute atomic E-state index is 11.1. The molecule has 0 unspecified atom stereocenters. The molecule has 7 nitrogen and oxygen atoms in total. The second-order valence-electron chi connectivity index (χ2n) is 3.92. The van der Waals surface area contributed by atoms with Crippen molar-refractivity contribution in [2.24, 2.45) is 0 Å². The summed E-state index contributed by atoms with van der Waals surface area (Å²) in [5, 5.41) is 13.2. The Bertz CT molecular complexity index is 759. The fourth-order valence-corrected chi connectivity index (χ4v) is 1.87. The second-order valence-corrected chi connectivity index (χ2v) is 3.92. The van der Waals surface area contributed by atoms with Gasteiger partial charge in [-0.15, -0.1) is 0 Å². The molecule has 3 aromatic rings. The van der Waals surface area contributed by atoms with Crippen LogP contribution in [0.25, 0.3) is 17.0 Å². The van der Waals surface area contributed by atoms with E-state index in [1.54, 1.807) is 29.3 Å². The van der Waals surface area contributed by atoms with Crippen molar-refractivity contribution in [3.8, 4) is 11.5 Å². The highest BCUT2D eigenvalue weighted by molar-refractivity contribution is 5.86. The summed E-state index contributed by atoms with van der Waals surface area (Å²) in [5.74, 6) is -0.997. The number of hydrogen-bond acceptors (Lipinski definition) is 5. The Kier molecular flexibility index (Phi) is 2.52. The first-order chi connectivity index (χ1) is 9.20. The lowest BCUT2D eigenvalue weighted by Gasteiger charge is -1.92. The van der Waals surface area contributed by atoms with E-state index >= 15 is 0 Å². The zero-order valence-electron chi connectivity index (χ0n) is 10.1. The lowest BCUT2D eigenvalue weighted by molar-refractivity contribution is 0.0662. The van der Waals surface area contributed by atoms with E-state index in [0.29, 0.717) is 23.2 Å². The molecular weight excluding hydrogens is 248 g/mol. The van der Waals surface area contributed by atoms with Crippen molar-refractivity contribution in [3.05, 3.63) is 36.2 Å². The van der Waals surface area contributed by atoms with Crippen molar-refractivity contribution in [1.29, 1.82) is 0 Å². The summed E-state index contributed by atoms with van der Waals surface area (Å²) < 4.78 is 6.95. The average Bonchev–Trinajstić information content (AvgIpc) is 3.01. The van der Waals surface area contributed by atoms with Crippen molar-refractivity contribution in [2.45, 2.75) is 13.3 Å². The minimum absolute atomic E-state index is 0.124. The van der Waals surface area contributed by atoms with Crippen LogP contribution in [-0.2, 0) is 6.42 Å². The molecule has 1 N–H and O–H groups in total. The van der Waals surface area contributed by atoms with E-state index in [1.165, 1.54) is 0 Å². The summed E-state index contributed by atoms with van der Waals surface area (Å²) in [6, 6.07) is 0. The molecule has 0 atom stereocenters. The predicted molar refractivity (Wildman–Crippen MR) is 64.8 cm³/mol. The number of aromatic carboxylic acids is 1. The highest BCUT2D eigenvalue weighted by atomic mass is 16.4. The van der Waals surface area contributed by atoms with Crippen LogP contribution in [0.2, 0.25) is 0 Å². The number of hydrogen-bond donors (Lipinski definition) is 1. The van der Waals surface area contributed by atoms with Gasteiger partial charge < -0.3 is 9.52 Å². The molecule has 96 valence electrons. The van der Waals surface area contributed by atoms with E-state index in [-0.39, 0.29) is 11.7 Å². The van der Waals surface area contributed by atoms with Gasteiger partial charge in [0.05, 0.1) is 29.2 Å². The quantitative estimate of drug-likeness (QED) is 0.767. The maximum Gasteiger partial charge on any atom is 0.373 e. The minimum atomic E-state index is -1.12. The Hall–Kier alpha value is -2.70. The third-order valence-corrected chi connectivity index (χ3v) is 2.78. The van der Waals surface area contributed by atoms with Gasteiger partial charge in [-0.25, -0.2) is 14.3 Å². The number of carbonyl (C=O) groups is 1. The van der Waals surface area contributed by atoms with E-state index in [4.69, 9.17) is 9.52 Å². The molecule has 0 aliphatic rings. The van der Waals surface area contributed by atoms with Gasteiger partial charge in [-0.1, -0.05) is 6.92 Å². The molecule has 0 saturated carbocycles. The largest absolute Gasteiger partial charge is 0.475 e. The summed E-state index contributed by atoms with van der Waals surface area (Å²) in [7, 11) is 0. The van der Waals surface area contributed by atoms with E-state index in [0.717, 1.165) is 0 Å². The van der Waals surface area contributed by atoms with Crippen LogP contribution in [0.1, 0.15) is 23.2 Å². The predicted octanol–water partition coefficient (Wildman–Crippen LogP) is 1.64. The van der Waals surface area contributed by atoms with Crippen LogP contribution in [0.5, 0.6) is 0 Å². The number of carboxylic acids is 1. The number of aryl methyl sites for hydroxylation is 1. The average molecular weight is 258 g/mol. The van der Waals surface area contributed by atoms with Gasteiger partial charge in [0.1, 0.15) is 0 Å². The number of nitrogens with zero attached hydrogens (tertiary/aromatic N) is 4. The fraction of sp³-hybridized carbons (Fsp3) is 0.167. The van der Waals surface area contributed by atoms with Crippen LogP contribution in [0.4, 0.5) is 0 Å². The highest BCUT2D eigenvalue weighted by Gasteiger charge is 2.21. The molecule has 7 heteroatoms. The molecule has 3 rings (SSSR count). The van der Waals surface area contributed by atoms with E-state index in [1.807, 2.05) is 6.92 Å². The highest BCUT2D eigenvalue weighted by Crippen LogP contribution is 2.25. The van der Waals surface area contributed by atoms with Gasteiger partial charge in [-0.2, -0.15) is 5.10 Å². The smallest absolute Gasteiger partial charge is 0.373 e. The van der Waals surface area contributed by atoms with Gasteiger partial charge in [0.2, 0.25) is 11.7 Å². The summed E-state index contributed by atoms with van der Waals surface area (Å²) in [6.07, 6.45) is 7.00. The van der Waals surface area contributed by atoms with Crippen molar-refractivity contribution >= 4 is 11.5 Å². The monoisotopic (exact) mass is 258 g/mol. The van der Waals surface area contributed by atoms with Gasteiger partial charge in [0.25, 0.3) is 0 Å². The molecular formula is C12H10N4O3. The van der Waals surface area contributed by atoms with Gasteiger partial charge in [0, 0.05) is 12.4 Å². The van der Waals surface area contributed by atoms with Crippen LogP contribution in [0.15, 0.2) is 29.2 Å². The first kappa shape index (κ1) is 11.4. The van der Waals surface area contributed by atoms with Crippen LogP contribution in [-0.4, -0.2) is 30.7 Å². The third-order valence-electron chi connectivity index (χ3n) is 2.78. The van der Waals surface area contributed by atoms with Gasteiger partial charge in [-0.05, 0) is 6.42 Å². The molecule has 0 saturated heterocycles. The SMILES string of the molecule is CCc1nc(-c2cnn3ccncc23)oc1C(=O)O. The number of rotatable bonds is 3. The van der Waals surface area contributed by atoms with Crippen LogP contribution in [0.3, 0.4) is 0 Å². The Morgan fingerprint density at radius 3 is 3.00 bits per heavy atom. The standard InChI is InChI=1S/C12H10N4O3/c1-2-8-10(12(17)18)19-11(15-8)7-5-14-16-4-3-13-6-9(7)16/h3-6H,2H2,1H3,(H,17,18). The molecule has 0 aliphatic carbocycles. The lowest BCUT2D eigenvalue weighted by atomic mass is 10.3. The number of fused-ring (bicyclic) bond motifs is 1. The number of aromatic nitrogens is 4.